The first-order valence-electron chi connectivity index (χ1n) is 12.1. The van der Waals surface area contributed by atoms with Crippen LogP contribution in [0.4, 0.5) is 0 Å². The van der Waals surface area contributed by atoms with Gasteiger partial charge in [0, 0.05) is 43.5 Å². The molecule has 6 heteroatoms. The van der Waals surface area contributed by atoms with E-state index in [4.69, 9.17) is 0 Å². The van der Waals surface area contributed by atoms with Gasteiger partial charge in [-0.15, -0.1) is 11.3 Å². The average Bonchev–Trinajstić information content (AvgIpc) is 3.22. The second-order valence-electron chi connectivity index (χ2n) is 10.8. The normalized spacial score (nSPS) is 21.7. The second-order valence-corrected chi connectivity index (χ2v) is 11.8. The minimum absolute atomic E-state index is 0.0243. The van der Waals surface area contributed by atoms with E-state index in [-0.39, 0.29) is 29.3 Å². The molecule has 2 aliphatic rings. The van der Waals surface area contributed by atoms with Gasteiger partial charge in [0.25, 0.3) is 0 Å². The highest BCUT2D eigenvalue weighted by molar-refractivity contribution is 7.10. The lowest BCUT2D eigenvalue weighted by molar-refractivity contribution is -0.144. The standard InChI is InChI=1S/C27H37N3O2S/c1-19-6-8-21(9-7-19)26-22-11-15-33-23(22)10-12-29(26)18-25(32)28-13-14-30(20(2)17-28)24(31)16-27(3,4)5/h6-9,11,15,20,26H,10,12-14,16-18H2,1-5H3/t20-,26-/m0/s1. The number of fused-ring (bicyclic) bond motifs is 1. The summed E-state index contributed by atoms with van der Waals surface area (Å²) in [6.45, 7) is 13.6. The SMILES string of the molecule is Cc1ccc([C@H]2c3ccsc3CCN2CC(=O)N2CCN(C(=O)CC(C)(C)C)[C@@H](C)C2)cc1. The zero-order valence-corrected chi connectivity index (χ0v) is 21.5. The first-order chi connectivity index (χ1) is 15.6. The largest absolute Gasteiger partial charge is 0.338 e. The maximum absolute atomic E-state index is 13.4. The van der Waals surface area contributed by atoms with Crippen LogP contribution in [0.1, 0.15) is 61.7 Å². The molecule has 1 aromatic carbocycles. The van der Waals surface area contributed by atoms with Crippen LogP contribution in [0.2, 0.25) is 0 Å². The van der Waals surface area contributed by atoms with Crippen LogP contribution < -0.4 is 0 Å². The minimum atomic E-state index is -0.0243. The first-order valence-corrected chi connectivity index (χ1v) is 12.9. The topological polar surface area (TPSA) is 43.9 Å². The van der Waals surface area contributed by atoms with Crippen molar-refractivity contribution < 1.29 is 9.59 Å². The molecule has 0 aliphatic carbocycles. The Morgan fingerprint density at radius 3 is 2.42 bits per heavy atom. The van der Waals surface area contributed by atoms with Crippen molar-refractivity contribution in [2.45, 2.75) is 59.5 Å². The van der Waals surface area contributed by atoms with Gasteiger partial charge in [-0.1, -0.05) is 50.6 Å². The fraction of sp³-hybridized carbons (Fsp3) is 0.556. The highest BCUT2D eigenvalue weighted by Gasteiger charge is 2.35. The highest BCUT2D eigenvalue weighted by atomic mass is 32.1. The van der Waals surface area contributed by atoms with E-state index >= 15 is 0 Å². The third-order valence-electron chi connectivity index (χ3n) is 6.78. The van der Waals surface area contributed by atoms with Gasteiger partial charge in [-0.25, -0.2) is 0 Å². The van der Waals surface area contributed by atoms with Crippen LogP contribution in [-0.2, 0) is 16.0 Å². The van der Waals surface area contributed by atoms with Crippen LogP contribution in [0.25, 0.3) is 0 Å². The summed E-state index contributed by atoms with van der Waals surface area (Å²) in [5.74, 6) is 0.364. The maximum Gasteiger partial charge on any atom is 0.236 e. The van der Waals surface area contributed by atoms with Crippen LogP contribution in [0.15, 0.2) is 35.7 Å². The average molecular weight is 468 g/mol. The number of nitrogens with zero attached hydrogens (tertiary/aromatic N) is 3. The molecule has 2 amide bonds. The Morgan fingerprint density at radius 1 is 1.03 bits per heavy atom. The van der Waals surface area contributed by atoms with Crippen molar-refractivity contribution in [2.24, 2.45) is 5.41 Å². The van der Waals surface area contributed by atoms with E-state index in [2.05, 4.69) is 75.2 Å². The van der Waals surface area contributed by atoms with Crippen LogP contribution in [0.3, 0.4) is 0 Å². The van der Waals surface area contributed by atoms with E-state index in [0.29, 0.717) is 32.6 Å². The van der Waals surface area contributed by atoms with E-state index in [0.717, 1.165) is 13.0 Å². The molecule has 0 radical (unpaired) electrons. The molecular formula is C27H37N3O2S. The molecule has 0 saturated carbocycles. The zero-order valence-electron chi connectivity index (χ0n) is 20.6. The first kappa shape index (κ1) is 24.0. The molecule has 2 aliphatic heterocycles. The van der Waals surface area contributed by atoms with E-state index < -0.39 is 0 Å². The Labute approximate surface area is 202 Å². The van der Waals surface area contributed by atoms with Gasteiger partial charge in [-0.2, -0.15) is 0 Å². The van der Waals surface area contributed by atoms with Crippen LogP contribution in [-0.4, -0.2) is 65.3 Å². The van der Waals surface area contributed by atoms with Crippen molar-refractivity contribution in [1.82, 2.24) is 14.7 Å². The number of hydrogen-bond donors (Lipinski definition) is 0. The molecule has 2 aromatic rings. The van der Waals surface area contributed by atoms with Gasteiger partial charge >= 0.3 is 0 Å². The monoisotopic (exact) mass is 467 g/mol. The molecule has 1 saturated heterocycles. The molecule has 1 fully saturated rings. The fourth-order valence-corrected chi connectivity index (χ4v) is 5.97. The Bertz CT molecular complexity index is 992. The van der Waals surface area contributed by atoms with Gasteiger partial charge in [0.1, 0.15) is 0 Å². The lowest BCUT2D eigenvalue weighted by atomic mass is 9.91. The molecular weight excluding hydrogens is 430 g/mol. The van der Waals surface area contributed by atoms with E-state index in [1.165, 1.54) is 21.6 Å². The summed E-state index contributed by atoms with van der Waals surface area (Å²) in [4.78, 5) is 33.8. The highest BCUT2D eigenvalue weighted by Crippen LogP contribution is 2.37. The summed E-state index contributed by atoms with van der Waals surface area (Å²) >= 11 is 1.82. The lowest BCUT2D eigenvalue weighted by Crippen LogP contribution is -2.57. The number of hydrogen-bond acceptors (Lipinski definition) is 4. The number of rotatable bonds is 4. The van der Waals surface area contributed by atoms with Crippen molar-refractivity contribution in [3.8, 4) is 0 Å². The number of carbonyl (C=O) groups excluding carboxylic acids is 2. The Kier molecular flexibility index (Phi) is 6.96. The summed E-state index contributed by atoms with van der Waals surface area (Å²) in [5, 5.41) is 2.17. The number of benzene rings is 1. The fourth-order valence-electron chi connectivity index (χ4n) is 5.06. The smallest absolute Gasteiger partial charge is 0.236 e. The zero-order chi connectivity index (χ0) is 23.8. The Morgan fingerprint density at radius 2 is 1.76 bits per heavy atom. The number of thiophene rings is 1. The van der Waals surface area contributed by atoms with Gasteiger partial charge in [-0.05, 0) is 48.3 Å². The molecule has 4 rings (SSSR count). The van der Waals surface area contributed by atoms with Gasteiger partial charge < -0.3 is 9.80 Å². The van der Waals surface area contributed by atoms with Crippen molar-refractivity contribution >= 4 is 23.2 Å². The van der Waals surface area contributed by atoms with Crippen molar-refractivity contribution in [1.29, 1.82) is 0 Å². The quantitative estimate of drug-likeness (QED) is 0.665. The summed E-state index contributed by atoms with van der Waals surface area (Å²) in [6, 6.07) is 11.1. The molecule has 0 unspecified atom stereocenters. The van der Waals surface area contributed by atoms with Crippen LogP contribution in [0, 0.1) is 12.3 Å². The Balaban J connectivity index is 1.44. The van der Waals surface area contributed by atoms with Gasteiger partial charge in [0.05, 0.1) is 12.6 Å². The third-order valence-corrected chi connectivity index (χ3v) is 7.78. The van der Waals surface area contributed by atoms with Crippen molar-refractivity contribution in [2.75, 3.05) is 32.7 Å². The van der Waals surface area contributed by atoms with Crippen LogP contribution >= 0.6 is 11.3 Å². The summed E-state index contributed by atoms with van der Waals surface area (Å²) in [5.41, 5.74) is 3.81. The minimum Gasteiger partial charge on any atom is -0.338 e. The predicted molar refractivity (Wildman–Crippen MR) is 134 cm³/mol. The number of aryl methyl sites for hydroxylation is 1. The molecule has 3 heterocycles. The lowest BCUT2D eigenvalue weighted by Gasteiger charge is -2.42. The molecule has 0 bridgehead atoms. The Hall–Kier alpha value is -2.18. The van der Waals surface area contributed by atoms with E-state index in [1.807, 2.05) is 21.1 Å². The number of amides is 2. The molecule has 2 atom stereocenters. The van der Waals surface area contributed by atoms with E-state index in [9.17, 15) is 9.59 Å². The molecule has 0 spiro atoms. The van der Waals surface area contributed by atoms with Crippen molar-refractivity contribution in [3.63, 3.8) is 0 Å². The maximum atomic E-state index is 13.4. The number of piperazine rings is 1. The molecule has 33 heavy (non-hydrogen) atoms. The predicted octanol–water partition coefficient (Wildman–Crippen LogP) is 4.50. The molecule has 0 N–H and O–H groups in total. The number of carbonyl (C=O) groups is 2. The van der Waals surface area contributed by atoms with Gasteiger partial charge in [0.2, 0.25) is 11.8 Å². The van der Waals surface area contributed by atoms with Crippen molar-refractivity contribution in [3.05, 3.63) is 57.3 Å². The van der Waals surface area contributed by atoms with Gasteiger partial charge in [-0.3, -0.25) is 14.5 Å². The molecule has 1 aromatic heterocycles. The summed E-state index contributed by atoms with van der Waals surface area (Å²) < 4.78 is 0. The summed E-state index contributed by atoms with van der Waals surface area (Å²) in [7, 11) is 0. The van der Waals surface area contributed by atoms with E-state index in [1.54, 1.807) is 0 Å². The van der Waals surface area contributed by atoms with Crippen LogP contribution in [0.5, 0.6) is 0 Å². The summed E-state index contributed by atoms with van der Waals surface area (Å²) in [6.07, 6.45) is 1.54. The molecule has 5 nitrogen and oxygen atoms in total. The molecule has 178 valence electrons. The third kappa shape index (κ3) is 5.49. The second kappa shape index (κ2) is 9.59. The van der Waals surface area contributed by atoms with Gasteiger partial charge in [0.15, 0.2) is 0 Å².